The molecule has 0 radical (unpaired) electrons. The second-order valence-electron chi connectivity index (χ2n) is 7.91. The minimum absolute atomic E-state index is 0.0240. The van der Waals surface area contributed by atoms with Gasteiger partial charge in [0.2, 0.25) is 5.91 Å². The Morgan fingerprint density at radius 3 is 2.68 bits per heavy atom. The number of halogens is 2. The van der Waals surface area contributed by atoms with Crippen LogP contribution >= 0.6 is 23.2 Å². The Hall–Kier alpha value is -2.08. The lowest BCUT2D eigenvalue weighted by Gasteiger charge is -2.13. The molecule has 1 unspecified atom stereocenters. The number of benzene rings is 2. The summed E-state index contributed by atoms with van der Waals surface area (Å²) in [6, 6.07) is 13.7. The Balaban J connectivity index is 1.36. The third-order valence-corrected chi connectivity index (χ3v) is 6.42. The number of nitrogens with one attached hydrogen (secondary N) is 1. The number of nitrogens with zero attached hydrogens (tertiary/aromatic N) is 2. The van der Waals surface area contributed by atoms with Crippen LogP contribution in [0, 0.1) is 0 Å². The van der Waals surface area contributed by atoms with Crippen LogP contribution in [0.3, 0.4) is 0 Å². The second-order valence-corrected chi connectivity index (χ2v) is 8.72. The normalized spacial score (nSPS) is 16.1. The first-order valence-corrected chi connectivity index (χ1v) is 11.7. The van der Waals surface area contributed by atoms with Crippen LogP contribution in [0.1, 0.15) is 43.5 Å². The number of amides is 1. The zero-order valence-corrected chi connectivity index (χ0v) is 19.0. The van der Waals surface area contributed by atoms with Gasteiger partial charge in [0.15, 0.2) is 0 Å². The fourth-order valence-corrected chi connectivity index (χ4v) is 4.55. The molecule has 5 nitrogen and oxygen atoms in total. The smallest absolute Gasteiger partial charge is 0.249 e. The van der Waals surface area contributed by atoms with E-state index in [1.165, 1.54) is 0 Å². The lowest BCUT2D eigenvalue weighted by atomic mass is 10.1. The minimum atomic E-state index is -0.253. The average Bonchev–Trinajstić information content (AvgIpc) is 3.42. The molecular weight excluding hydrogens is 433 g/mol. The maximum atomic E-state index is 12.0. The number of para-hydroxylation sites is 2. The van der Waals surface area contributed by atoms with Crippen LogP contribution in [0.2, 0.25) is 10.0 Å². The van der Waals surface area contributed by atoms with E-state index < -0.39 is 0 Å². The summed E-state index contributed by atoms with van der Waals surface area (Å²) < 4.78 is 7.63. The summed E-state index contributed by atoms with van der Waals surface area (Å²) in [5.74, 6) is 1.05. The van der Waals surface area contributed by atoms with Gasteiger partial charge in [-0.1, -0.05) is 47.8 Å². The topological polar surface area (TPSA) is 56.2 Å². The molecule has 2 aromatic carbocycles. The summed E-state index contributed by atoms with van der Waals surface area (Å²) in [4.78, 5) is 16.9. The van der Waals surface area contributed by atoms with Crippen molar-refractivity contribution in [1.29, 1.82) is 0 Å². The van der Waals surface area contributed by atoms with Crippen molar-refractivity contribution in [3.63, 3.8) is 0 Å². The lowest BCUT2D eigenvalue weighted by molar-refractivity contribution is -0.130. The summed E-state index contributed by atoms with van der Waals surface area (Å²) in [5.41, 5.74) is 2.97. The molecule has 1 amide bonds. The maximum absolute atomic E-state index is 12.0. The number of unbranched alkanes of at least 4 members (excludes halogenated alkanes) is 2. The molecule has 1 atom stereocenters. The summed E-state index contributed by atoms with van der Waals surface area (Å²) in [6.45, 7) is 1.97. The van der Waals surface area contributed by atoms with E-state index in [2.05, 4.69) is 16.0 Å². The summed E-state index contributed by atoms with van der Waals surface area (Å²) >= 11 is 12.8. The molecule has 0 saturated carbocycles. The molecule has 164 valence electrons. The van der Waals surface area contributed by atoms with E-state index in [0.717, 1.165) is 60.9 Å². The van der Waals surface area contributed by atoms with E-state index in [9.17, 15) is 4.79 Å². The first-order chi connectivity index (χ1) is 15.1. The molecule has 1 saturated heterocycles. The van der Waals surface area contributed by atoms with Gasteiger partial charge in [-0.2, -0.15) is 0 Å². The van der Waals surface area contributed by atoms with Crippen molar-refractivity contribution in [3.05, 3.63) is 63.9 Å². The highest BCUT2D eigenvalue weighted by Crippen LogP contribution is 2.28. The van der Waals surface area contributed by atoms with E-state index in [0.29, 0.717) is 29.7 Å². The van der Waals surface area contributed by atoms with Crippen LogP contribution < -0.4 is 5.32 Å². The Kier molecular flexibility index (Phi) is 7.49. The molecule has 1 aliphatic heterocycles. The zero-order valence-electron chi connectivity index (χ0n) is 17.4. The highest BCUT2D eigenvalue weighted by Gasteiger charge is 2.22. The van der Waals surface area contributed by atoms with Gasteiger partial charge in [0.1, 0.15) is 11.9 Å². The number of hydrogen-bond donors (Lipinski definition) is 1. The number of carbonyl (C=O) groups excluding carboxylic acids is 1. The number of aryl methyl sites for hydroxylation is 1. The highest BCUT2D eigenvalue weighted by molar-refractivity contribution is 6.36. The van der Waals surface area contributed by atoms with Gasteiger partial charge in [0, 0.05) is 35.2 Å². The molecule has 1 aromatic heterocycles. The van der Waals surface area contributed by atoms with Crippen LogP contribution in [0.5, 0.6) is 0 Å². The Labute approximate surface area is 192 Å². The van der Waals surface area contributed by atoms with Crippen molar-refractivity contribution in [2.24, 2.45) is 0 Å². The molecule has 0 aliphatic carbocycles. The van der Waals surface area contributed by atoms with Crippen molar-refractivity contribution < 1.29 is 9.53 Å². The molecule has 2 heterocycles. The fourth-order valence-electron chi connectivity index (χ4n) is 4.03. The number of imidazole rings is 1. The first-order valence-electron chi connectivity index (χ1n) is 10.9. The minimum Gasteiger partial charge on any atom is -0.368 e. The van der Waals surface area contributed by atoms with Gasteiger partial charge in [-0.25, -0.2) is 4.98 Å². The predicted molar refractivity (Wildman–Crippen MR) is 125 cm³/mol. The Bertz CT molecular complexity index is 1020. The van der Waals surface area contributed by atoms with Crippen LogP contribution in [-0.2, 0) is 22.5 Å². The monoisotopic (exact) mass is 459 g/mol. The number of fused-ring (bicyclic) bond motifs is 1. The highest BCUT2D eigenvalue weighted by atomic mass is 35.5. The lowest BCUT2D eigenvalue weighted by Crippen LogP contribution is -2.34. The third-order valence-electron chi connectivity index (χ3n) is 5.71. The van der Waals surface area contributed by atoms with Gasteiger partial charge in [-0.15, -0.1) is 0 Å². The summed E-state index contributed by atoms with van der Waals surface area (Å²) in [5, 5.41) is 4.32. The largest absolute Gasteiger partial charge is 0.368 e. The van der Waals surface area contributed by atoms with Gasteiger partial charge in [0.05, 0.1) is 17.6 Å². The number of carbonyl (C=O) groups is 1. The van der Waals surface area contributed by atoms with Crippen molar-refractivity contribution in [1.82, 2.24) is 14.9 Å². The standard InChI is InChI=1S/C24H27Cl2N3O2/c25-18-8-6-9-19(26)17(18)16-29-21-11-4-3-10-20(21)28-23(29)13-2-1-5-14-27-24(30)22-12-7-15-31-22/h3-4,6,8-11,22H,1-2,5,7,12-16H2,(H,27,30). The van der Waals surface area contributed by atoms with Crippen molar-refractivity contribution >= 4 is 40.1 Å². The van der Waals surface area contributed by atoms with E-state index in [1.807, 2.05) is 36.4 Å². The van der Waals surface area contributed by atoms with Crippen molar-refractivity contribution in [2.75, 3.05) is 13.2 Å². The molecule has 0 spiro atoms. The molecule has 3 aromatic rings. The van der Waals surface area contributed by atoms with Crippen LogP contribution in [-0.4, -0.2) is 34.7 Å². The molecule has 31 heavy (non-hydrogen) atoms. The zero-order chi connectivity index (χ0) is 21.6. The molecule has 4 rings (SSSR count). The van der Waals surface area contributed by atoms with E-state index >= 15 is 0 Å². The van der Waals surface area contributed by atoms with Crippen molar-refractivity contribution in [2.45, 2.75) is 51.2 Å². The van der Waals surface area contributed by atoms with Gasteiger partial charge in [-0.05, 0) is 49.9 Å². The summed E-state index contributed by atoms with van der Waals surface area (Å²) in [7, 11) is 0. The molecule has 0 bridgehead atoms. The third kappa shape index (κ3) is 5.40. The number of aromatic nitrogens is 2. The summed E-state index contributed by atoms with van der Waals surface area (Å²) in [6.07, 6.45) is 5.36. The van der Waals surface area contributed by atoms with E-state index in [1.54, 1.807) is 0 Å². The van der Waals surface area contributed by atoms with Crippen LogP contribution in [0.4, 0.5) is 0 Å². The van der Waals surface area contributed by atoms with Gasteiger partial charge in [-0.3, -0.25) is 4.79 Å². The first kappa shape index (κ1) is 22.1. The van der Waals surface area contributed by atoms with Crippen LogP contribution in [0.15, 0.2) is 42.5 Å². The molecular formula is C24H27Cl2N3O2. The average molecular weight is 460 g/mol. The van der Waals surface area contributed by atoms with Gasteiger partial charge >= 0.3 is 0 Å². The maximum Gasteiger partial charge on any atom is 0.249 e. The van der Waals surface area contributed by atoms with Gasteiger partial charge < -0.3 is 14.6 Å². The van der Waals surface area contributed by atoms with E-state index in [-0.39, 0.29) is 12.0 Å². The molecule has 1 fully saturated rings. The van der Waals surface area contributed by atoms with Crippen molar-refractivity contribution in [3.8, 4) is 0 Å². The Morgan fingerprint density at radius 1 is 1.10 bits per heavy atom. The quantitative estimate of drug-likeness (QED) is 0.435. The molecule has 7 heteroatoms. The fraction of sp³-hybridized carbons (Fsp3) is 0.417. The predicted octanol–water partition coefficient (Wildman–Crippen LogP) is 5.40. The molecule has 1 N–H and O–H groups in total. The number of hydrogen-bond acceptors (Lipinski definition) is 3. The van der Waals surface area contributed by atoms with Crippen LogP contribution in [0.25, 0.3) is 11.0 Å². The van der Waals surface area contributed by atoms with Gasteiger partial charge in [0.25, 0.3) is 0 Å². The number of rotatable bonds is 9. The molecule has 1 aliphatic rings. The number of ether oxygens (including phenoxy) is 1. The van der Waals surface area contributed by atoms with E-state index in [4.69, 9.17) is 32.9 Å². The Morgan fingerprint density at radius 2 is 1.90 bits per heavy atom. The SMILES string of the molecule is O=C(NCCCCCc1nc2ccccc2n1Cc1c(Cl)cccc1Cl)C1CCCO1. The second kappa shape index (κ2) is 10.5.